The Morgan fingerprint density at radius 1 is 1.18 bits per heavy atom. The van der Waals surface area contributed by atoms with Crippen molar-refractivity contribution in [3.05, 3.63) is 35.9 Å². The maximum atomic E-state index is 10.8. The van der Waals surface area contributed by atoms with Crippen LogP contribution in [0.15, 0.2) is 34.9 Å². The Hall–Kier alpha value is -1.93. The zero-order valence-corrected chi connectivity index (χ0v) is 21.0. The number of aromatic nitrogens is 1. The second-order valence-electron chi connectivity index (χ2n) is 10.1. The third kappa shape index (κ3) is 6.60. The molecule has 1 aromatic carbocycles. The quantitative estimate of drug-likeness (QED) is 0.518. The average molecular weight is 472 g/mol. The van der Waals surface area contributed by atoms with E-state index < -0.39 is 6.10 Å². The highest BCUT2D eigenvalue weighted by atomic mass is 16.5. The molecule has 2 aromatic rings. The first-order chi connectivity index (χ1) is 16.5. The van der Waals surface area contributed by atoms with E-state index in [-0.39, 0.29) is 12.2 Å². The van der Waals surface area contributed by atoms with Gasteiger partial charge >= 0.3 is 0 Å². The molecule has 0 bridgehead atoms. The lowest BCUT2D eigenvalue weighted by Crippen LogP contribution is -2.41. The van der Waals surface area contributed by atoms with E-state index in [0.717, 1.165) is 68.1 Å². The molecule has 7 heteroatoms. The van der Waals surface area contributed by atoms with Crippen molar-refractivity contribution in [1.29, 1.82) is 0 Å². The summed E-state index contributed by atoms with van der Waals surface area (Å²) in [5.74, 6) is 0.872. The third-order valence-corrected chi connectivity index (χ3v) is 6.84. The summed E-state index contributed by atoms with van der Waals surface area (Å²) in [6.07, 6.45) is 5.44. The topological polar surface area (TPSA) is 71.2 Å². The normalized spacial score (nSPS) is 22.1. The first-order valence-corrected chi connectivity index (χ1v) is 13.0. The summed E-state index contributed by atoms with van der Waals surface area (Å²) in [6, 6.07) is 10.7. The zero-order valence-electron chi connectivity index (χ0n) is 21.0. The smallest absolute Gasteiger partial charge is 0.232 e. The molecule has 7 nitrogen and oxygen atoms in total. The highest BCUT2D eigenvalue weighted by Gasteiger charge is 2.30. The van der Waals surface area contributed by atoms with E-state index in [9.17, 15) is 5.11 Å². The van der Waals surface area contributed by atoms with Crippen molar-refractivity contribution >= 4 is 5.88 Å². The van der Waals surface area contributed by atoms with E-state index in [2.05, 4.69) is 34.0 Å². The molecule has 0 amide bonds. The molecule has 2 fully saturated rings. The van der Waals surface area contributed by atoms with Crippen molar-refractivity contribution in [2.45, 2.75) is 83.8 Å². The molecule has 2 aliphatic rings. The Kier molecular flexibility index (Phi) is 9.00. The number of rotatable bonds is 11. The molecule has 0 saturated carbocycles. The maximum Gasteiger partial charge on any atom is 0.232 e. The molecular formula is C27H41N3O4. The Morgan fingerprint density at radius 3 is 2.71 bits per heavy atom. The molecule has 0 aliphatic carbocycles. The van der Waals surface area contributed by atoms with Crippen LogP contribution in [0.5, 0.6) is 0 Å². The lowest BCUT2D eigenvalue weighted by Gasteiger charge is -2.34. The van der Waals surface area contributed by atoms with Gasteiger partial charge in [0.05, 0.1) is 30.5 Å². The molecule has 188 valence electrons. The number of hydrogen-bond donors (Lipinski definition) is 1. The number of aliphatic hydroxyl groups excluding tert-OH is 1. The van der Waals surface area contributed by atoms with Gasteiger partial charge in [-0.2, -0.15) is 0 Å². The molecule has 1 aromatic heterocycles. The summed E-state index contributed by atoms with van der Waals surface area (Å²) < 4.78 is 17.7. The SMILES string of the molecule is CC(C)OCC(O)CN(Cc1c(-c2ccccc2)noc1N1CCCCC1C)CC1CCCO1. The first kappa shape index (κ1) is 25.2. The second-order valence-corrected chi connectivity index (χ2v) is 10.1. The van der Waals surface area contributed by atoms with Crippen molar-refractivity contribution in [3.63, 3.8) is 0 Å². The monoisotopic (exact) mass is 471 g/mol. The van der Waals surface area contributed by atoms with Crippen LogP contribution in [0.3, 0.4) is 0 Å². The molecule has 3 unspecified atom stereocenters. The molecule has 4 rings (SSSR count). The van der Waals surface area contributed by atoms with Crippen LogP contribution in [0.25, 0.3) is 11.3 Å². The van der Waals surface area contributed by atoms with Crippen LogP contribution in [-0.4, -0.2) is 72.4 Å². The fraction of sp³-hybridized carbons (Fsp3) is 0.667. The number of benzene rings is 1. The van der Waals surface area contributed by atoms with Crippen LogP contribution in [0.2, 0.25) is 0 Å². The van der Waals surface area contributed by atoms with Gasteiger partial charge in [0.2, 0.25) is 5.88 Å². The molecule has 2 saturated heterocycles. The standard InChI is InChI=1S/C27H41N3O4/c1-20(2)33-19-23(31)16-29(17-24-13-9-15-32-24)18-25-26(22-11-5-4-6-12-22)28-34-27(25)30-14-8-7-10-21(30)3/h4-6,11-12,20-21,23-24,31H,7-10,13-19H2,1-3H3. The van der Waals surface area contributed by atoms with Crippen LogP contribution < -0.4 is 4.90 Å². The summed E-state index contributed by atoms with van der Waals surface area (Å²) >= 11 is 0. The summed E-state index contributed by atoms with van der Waals surface area (Å²) in [4.78, 5) is 4.67. The van der Waals surface area contributed by atoms with Gasteiger partial charge < -0.3 is 24.0 Å². The van der Waals surface area contributed by atoms with Gasteiger partial charge in [-0.1, -0.05) is 35.5 Å². The number of anilines is 1. The first-order valence-electron chi connectivity index (χ1n) is 13.0. The van der Waals surface area contributed by atoms with Crippen molar-refractivity contribution in [2.24, 2.45) is 0 Å². The van der Waals surface area contributed by atoms with Gasteiger partial charge in [0, 0.05) is 44.4 Å². The molecular weight excluding hydrogens is 430 g/mol. The Bertz CT molecular complexity index is 866. The summed E-state index contributed by atoms with van der Waals surface area (Å²) in [7, 11) is 0. The fourth-order valence-corrected chi connectivity index (χ4v) is 5.05. The van der Waals surface area contributed by atoms with Gasteiger partial charge in [-0.05, 0) is 52.9 Å². The predicted molar refractivity (Wildman–Crippen MR) is 134 cm³/mol. The van der Waals surface area contributed by atoms with Gasteiger partial charge in [0.15, 0.2) is 0 Å². The van der Waals surface area contributed by atoms with Crippen molar-refractivity contribution in [3.8, 4) is 11.3 Å². The zero-order chi connectivity index (χ0) is 23.9. The Labute approximate surface area is 204 Å². The summed E-state index contributed by atoms with van der Waals surface area (Å²) in [5, 5.41) is 15.3. The Balaban J connectivity index is 1.61. The molecule has 3 atom stereocenters. The van der Waals surface area contributed by atoms with E-state index in [1.165, 1.54) is 6.42 Å². The van der Waals surface area contributed by atoms with Crippen molar-refractivity contribution in [2.75, 3.05) is 37.7 Å². The minimum absolute atomic E-state index is 0.0937. The number of hydrogen-bond acceptors (Lipinski definition) is 7. The predicted octanol–water partition coefficient (Wildman–Crippen LogP) is 4.49. The van der Waals surface area contributed by atoms with Gasteiger partial charge in [0.1, 0.15) is 5.69 Å². The van der Waals surface area contributed by atoms with Crippen LogP contribution in [0.4, 0.5) is 5.88 Å². The molecule has 2 aliphatic heterocycles. The summed E-state index contributed by atoms with van der Waals surface area (Å²) in [6.45, 7) is 10.3. The van der Waals surface area contributed by atoms with Crippen LogP contribution >= 0.6 is 0 Å². The van der Waals surface area contributed by atoms with Gasteiger partial charge in [0.25, 0.3) is 0 Å². The highest BCUT2D eigenvalue weighted by molar-refractivity contribution is 5.68. The number of ether oxygens (including phenoxy) is 2. The largest absolute Gasteiger partial charge is 0.389 e. The summed E-state index contributed by atoms with van der Waals surface area (Å²) in [5.41, 5.74) is 3.03. The van der Waals surface area contributed by atoms with Gasteiger partial charge in [-0.3, -0.25) is 4.90 Å². The lowest BCUT2D eigenvalue weighted by atomic mass is 10.0. The number of aliphatic hydroxyl groups is 1. The van der Waals surface area contributed by atoms with Gasteiger partial charge in [-0.15, -0.1) is 0 Å². The molecule has 3 heterocycles. The number of nitrogens with zero attached hydrogens (tertiary/aromatic N) is 3. The minimum Gasteiger partial charge on any atom is -0.389 e. The van der Waals surface area contributed by atoms with Crippen LogP contribution in [0.1, 0.15) is 58.4 Å². The average Bonchev–Trinajstić information content (AvgIpc) is 3.49. The minimum atomic E-state index is -0.568. The van der Waals surface area contributed by atoms with Crippen molar-refractivity contribution in [1.82, 2.24) is 10.1 Å². The van der Waals surface area contributed by atoms with Crippen LogP contribution in [-0.2, 0) is 16.0 Å². The van der Waals surface area contributed by atoms with E-state index in [1.807, 2.05) is 32.0 Å². The molecule has 34 heavy (non-hydrogen) atoms. The molecule has 0 radical (unpaired) electrons. The Morgan fingerprint density at radius 2 is 2.00 bits per heavy atom. The second kappa shape index (κ2) is 12.2. The highest BCUT2D eigenvalue weighted by Crippen LogP contribution is 2.35. The lowest BCUT2D eigenvalue weighted by molar-refractivity contribution is -0.0171. The third-order valence-electron chi connectivity index (χ3n) is 6.84. The van der Waals surface area contributed by atoms with Crippen molar-refractivity contribution < 1.29 is 19.1 Å². The van der Waals surface area contributed by atoms with E-state index in [1.54, 1.807) is 0 Å². The number of piperidine rings is 1. The van der Waals surface area contributed by atoms with Gasteiger partial charge in [-0.25, -0.2) is 0 Å². The van der Waals surface area contributed by atoms with E-state index >= 15 is 0 Å². The van der Waals surface area contributed by atoms with E-state index in [0.29, 0.717) is 25.7 Å². The van der Waals surface area contributed by atoms with Crippen LogP contribution in [0, 0.1) is 0 Å². The molecule has 0 spiro atoms. The fourth-order valence-electron chi connectivity index (χ4n) is 5.05. The van der Waals surface area contributed by atoms with E-state index in [4.69, 9.17) is 14.0 Å². The maximum absolute atomic E-state index is 10.8. The molecule has 1 N–H and O–H groups in total.